The second-order valence-corrected chi connectivity index (χ2v) is 7.48. The Morgan fingerprint density at radius 2 is 2.00 bits per heavy atom. The first-order chi connectivity index (χ1) is 13.4. The van der Waals surface area contributed by atoms with Crippen LogP contribution < -0.4 is 15.4 Å². The second-order valence-electron chi connectivity index (χ2n) is 7.48. The first kappa shape index (κ1) is 22.0. The van der Waals surface area contributed by atoms with E-state index >= 15 is 0 Å². The van der Waals surface area contributed by atoms with Crippen molar-refractivity contribution in [2.24, 2.45) is 11.8 Å². The molecule has 0 aromatic heterocycles. The van der Waals surface area contributed by atoms with E-state index in [1.165, 1.54) is 6.92 Å². The summed E-state index contributed by atoms with van der Waals surface area (Å²) in [7, 11) is 1.58. The summed E-state index contributed by atoms with van der Waals surface area (Å²) < 4.78 is 5.14. The number of phenols is 1. The highest BCUT2D eigenvalue weighted by atomic mass is 16.5. The molecule has 0 spiro atoms. The van der Waals surface area contributed by atoms with Crippen molar-refractivity contribution in [2.75, 3.05) is 33.3 Å². The molecule has 0 bridgehead atoms. The fourth-order valence-electron chi connectivity index (χ4n) is 3.83. The molecule has 1 aromatic rings. The lowest BCUT2D eigenvalue weighted by molar-refractivity contribution is -0.123. The van der Waals surface area contributed by atoms with Crippen LogP contribution in [0.25, 0.3) is 0 Å². The Bertz CT molecular complexity index is 665. The van der Waals surface area contributed by atoms with Gasteiger partial charge in [-0.3, -0.25) is 14.5 Å². The van der Waals surface area contributed by atoms with Crippen LogP contribution >= 0.6 is 0 Å². The normalized spacial score (nSPS) is 19.8. The van der Waals surface area contributed by atoms with Gasteiger partial charge in [0.2, 0.25) is 11.8 Å². The molecule has 0 unspecified atom stereocenters. The molecule has 3 N–H and O–H groups in total. The van der Waals surface area contributed by atoms with E-state index in [9.17, 15) is 14.7 Å². The molecule has 7 heteroatoms. The largest absolute Gasteiger partial charge is 0.507 e. The number of benzene rings is 1. The Kier molecular flexibility index (Phi) is 8.57. The third-order valence-corrected chi connectivity index (χ3v) is 5.45. The number of phenolic OH excluding ortho intramolecular Hbond substituents is 1. The van der Waals surface area contributed by atoms with Crippen molar-refractivity contribution in [3.8, 4) is 11.5 Å². The van der Waals surface area contributed by atoms with E-state index in [-0.39, 0.29) is 17.6 Å². The lowest BCUT2D eigenvalue weighted by Crippen LogP contribution is -2.42. The van der Waals surface area contributed by atoms with E-state index in [2.05, 4.69) is 22.5 Å². The molecule has 2 atom stereocenters. The Morgan fingerprint density at radius 3 is 2.64 bits per heavy atom. The lowest BCUT2D eigenvalue weighted by atomic mass is 9.81. The van der Waals surface area contributed by atoms with E-state index in [1.807, 2.05) is 12.1 Å². The van der Waals surface area contributed by atoms with Gasteiger partial charge in [-0.1, -0.05) is 19.4 Å². The molecule has 1 aliphatic rings. The number of methoxy groups -OCH3 is 1. The van der Waals surface area contributed by atoms with Crippen LogP contribution in [-0.2, 0) is 16.1 Å². The molecule has 2 rings (SSSR count). The summed E-state index contributed by atoms with van der Waals surface area (Å²) in [5, 5.41) is 15.8. The van der Waals surface area contributed by atoms with Gasteiger partial charge in [0.05, 0.1) is 7.11 Å². The Labute approximate surface area is 167 Å². The van der Waals surface area contributed by atoms with Gasteiger partial charge in [-0.05, 0) is 30.9 Å². The predicted octanol–water partition coefficient (Wildman–Crippen LogP) is 1.89. The maximum absolute atomic E-state index is 12.2. The van der Waals surface area contributed by atoms with Crippen molar-refractivity contribution in [3.05, 3.63) is 23.8 Å². The quantitative estimate of drug-likeness (QED) is 0.559. The molecule has 2 amide bonds. The third-order valence-electron chi connectivity index (χ3n) is 5.45. The fourth-order valence-corrected chi connectivity index (χ4v) is 3.83. The second kappa shape index (κ2) is 10.9. The molecule has 7 nitrogen and oxygen atoms in total. The average molecular weight is 392 g/mol. The number of nitrogens with one attached hydrogen (secondary N) is 2. The SMILES string of the molecule is CC[C@@H]1CN(Cc2ccc(OC)cc2O)CC[C@H]1CC(=O)NCCNC(C)=O. The molecule has 1 aromatic carbocycles. The lowest BCUT2D eigenvalue weighted by Gasteiger charge is -2.38. The van der Waals surface area contributed by atoms with Crippen molar-refractivity contribution in [3.63, 3.8) is 0 Å². The number of ether oxygens (including phenoxy) is 1. The summed E-state index contributed by atoms with van der Waals surface area (Å²) >= 11 is 0. The first-order valence-corrected chi connectivity index (χ1v) is 10.0. The molecular formula is C21H33N3O4. The number of amides is 2. The summed E-state index contributed by atoms with van der Waals surface area (Å²) in [6.07, 6.45) is 2.52. The molecule has 0 saturated carbocycles. The van der Waals surface area contributed by atoms with Crippen molar-refractivity contribution in [1.29, 1.82) is 0 Å². The Hall–Kier alpha value is -2.28. The van der Waals surface area contributed by atoms with Gasteiger partial charge in [0.1, 0.15) is 11.5 Å². The van der Waals surface area contributed by atoms with E-state index in [4.69, 9.17) is 4.74 Å². The van der Waals surface area contributed by atoms with Crippen LogP contribution in [0.2, 0.25) is 0 Å². The van der Waals surface area contributed by atoms with E-state index in [0.29, 0.717) is 43.6 Å². The standard InChI is InChI=1S/C21H33N3O4/c1-4-16-13-24(14-18-5-6-19(28-3)12-20(18)26)10-7-17(16)11-21(27)23-9-8-22-15(2)25/h5-6,12,16-17,26H,4,7-11,13-14H2,1-3H3,(H,22,25)(H,23,27)/t16-,17+/m1/s1. The van der Waals surface area contributed by atoms with Gasteiger partial charge < -0.3 is 20.5 Å². The smallest absolute Gasteiger partial charge is 0.220 e. The summed E-state index contributed by atoms with van der Waals surface area (Å²) in [6.45, 7) is 7.08. The number of likely N-dealkylation sites (tertiary alicyclic amines) is 1. The molecule has 1 fully saturated rings. The zero-order chi connectivity index (χ0) is 20.5. The maximum Gasteiger partial charge on any atom is 0.220 e. The number of carbonyl (C=O) groups excluding carboxylic acids is 2. The summed E-state index contributed by atoms with van der Waals surface area (Å²) in [6, 6.07) is 5.42. The highest BCUT2D eigenvalue weighted by Gasteiger charge is 2.29. The highest BCUT2D eigenvalue weighted by molar-refractivity contribution is 5.76. The van der Waals surface area contributed by atoms with Gasteiger partial charge in [0.25, 0.3) is 0 Å². The number of hydrogen-bond acceptors (Lipinski definition) is 5. The van der Waals surface area contributed by atoms with Crippen LogP contribution in [0, 0.1) is 11.8 Å². The number of rotatable bonds is 9. The third kappa shape index (κ3) is 6.71. The summed E-state index contributed by atoms with van der Waals surface area (Å²) in [5.74, 6) is 1.69. The first-order valence-electron chi connectivity index (χ1n) is 10.0. The van der Waals surface area contributed by atoms with Crippen LogP contribution in [-0.4, -0.2) is 55.1 Å². The molecule has 28 heavy (non-hydrogen) atoms. The molecule has 1 heterocycles. The number of aromatic hydroxyl groups is 1. The molecule has 0 aliphatic carbocycles. The summed E-state index contributed by atoms with van der Waals surface area (Å²) in [5.41, 5.74) is 0.893. The van der Waals surface area contributed by atoms with Gasteiger partial charge in [-0.2, -0.15) is 0 Å². The minimum atomic E-state index is -0.0874. The number of hydrogen-bond donors (Lipinski definition) is 3. The monoisotopic (exact) mass is 391 g/mol. The van der Waals surface area contributed by atoms with Crippen molar-refractivity contribution in [1.82, 2.24) is 15.5 Å². The number of nitrogens with zero attached hydrogens (tertiary/aromatic N) is 1. The van der Waals surface area contributed by atoms with Crippen LogP contribution in [0.4, 0.5) is 0 Å². The van der Waals surface area contributed by atoms with Gasteiger partial charge >= 0.3 is 0 Å². The molecular weight excluding hydrogens is 358 g/mol. The van der Waals surface area contributed by atoms with Crippen LogP contribution in [0.1, 0.15) is 38.7 Å². The fraction of sp³-hybridized carbons (Fsp3) is 0.619. The van der Waals surface area contributed by atoms with Crippen molar-refractivity contribution in [2.45, 2.75) is 39.7 Å². The predicted molar refractivity (Wildman–Crippen MR) is 108 cm³/mol. The highest BCUT2D eigenvalue weighted by Crippen LogP contribution is 2.31. The Morgan fingerprint density at radius 1 is 1.25 bits per heavy atom. The Balaban J connectivity index is 1.82. The minimum absolute atomic E-state index is 0.0510. The van der Waals surface area contributed by atoms with Crippen LogP contribution in [0.3, 0.4) is 0 Å². The topological polar surface area (TPSA) is 90.9 Å². The van der Waals surface area contributed by atoms with E-state index in [1.54, 1.807) is 13.2 Å². The molecule has 0 radical (unpaired) electrons. The zero-order valence-corrected chi connectivity index (χ0v) is 17.2. The van der Waals surface area contributed by atoms with E-state index in [0.717, 1.165) is 31.5 Å². The van der Waals surface area contributed by atoms with E-state index < -0.39 is 0 Å². The maximum atomic E-state index is 12.2. The molecule has 156 valence electrons. The zero-order valence-electron chi connectivity index (χ0n) is 17.2. The number of carbonyl (C=O) groups is 2. The minimum Gasteiger partial charge on any atom is -0.507 e. The average Bonchev–Trinajstić information content (AvgIpc) is 2.67. The number of piperidine rings is 1. The van der Waals surface area contributed by atoms with Gasteiger partial charge in [-0.15, -0.1) is 0 Å². The van der Waals surface area contributed by atoms with Gasteiger partial charge in [0, 0.05) is 51.2 Å². The van der Waals surface area contributed by atoms with Gasteiger partial charge in [0.15, 0.2) is 0 Å². The summed E-state index contributed by atoms with van der Waals surface area (Å²) in [4.78, 5) is 25.4. The van der Waals surface area contributed by atoms with Crippen molar-refractivity contribution < 1.29 is 19.4 Å². The van der Waals surface area contributed by atoms with Crippen LogP contribution in [0.15, 0.2) is 18.2 Å². The van der Waals surface area contributed by atoms with Gasteiger partial charge in [-0.25, -0.2) is 0 Å². The molecule has 1 saturated heterocycles. The van der Waals surface area contributed by atoms with Crippen LogP contribution in [0.5, 0.6) is 11.5 Å². The van der Waals surface area contributed by atoms with Crippen molar-refractivity contribution >= 4 is 11.8 Å². The molecule has 1 aliphatic heterocycles.